The van der Waals surface area contributed by atoms with Crippen molar-refractivity contribution in [2.75, 3.05) is 11.9 Å². The van der Waals surface area contributed by atoms with Gasteiger partial charge in [0.25, 0.3) is 0 Å². The molecule has 21 heavy (non-hydrogen) atoms. The second kappa shape index (κ2) is 7.53. The van der Waals surface area contributed by atoms with Crippen molar-refractivity contribution in [3.05, 3.63) is 54.4 Å². The van der Waals surface area contributed by atoms with Gasteiger partial charge < -0.3 is 0 Å². The van der Waals surface area contributed by atoms with E-state index in [1.165, 1.54) is 0 Å². The van der Waals surface area contributed by atoms with Gasteiger partial charge in [0.05, 0.1) is 12.7 Å². The smallest absolute Gasteiger partial charge is 0.291 e. The van der Waals surface area contributed by atoms with Crippen molar-refractivity contribution in [1.29, 1.82) is 0 Å². The number of nitrogens with one attached hydrogen (secondary N) is 1. The Morgan fingerprint density at radius 1 is 1.24 bits per heavy atom. The van der Waals surface area contributed by atoms with E-state index in [1.54, 1.807) is 6.20 Å². The van der Waals surface area contributed by atoms with E-state index < -0.39 is 0 Å². The lowest BCUT2D eigenvalue weighted by molar-refractivity contribution is -0.671. The molecule has 0 aliphatic rings. The van der Waals surface area contributed by atoms with Crippen LogP contribution in [0.1, 0.15) is 30.6 Å². The highest BCUT2D eigenvalue weighted by atomic mass is 16.1. The summed E-state index contributed by atoms with van der Waals surface area (Å²) < 4.78 is 1.86. The Labute approximate surface area is 125 Å². The summed E-state index contributed by atoms with van der Waals surface area (Å²) in [5.74, 6) is 1.46. The van der Waals surface area contributed by atoms with E-state index in [2.05, 4.69) is 24.1 Å². The number of rotatable bonds is 7. The van der Waals surface area contributed by atoms with Crippen molar-refractivity contribution in [1.82, 2.24) is 4.98 Å². The Balaban J connectivity index is 2.04. The number of carbonyl (C=O) groups is 1. The summed E-state index contributed by atoms with van der Waals surface area (Å²) >= 11 is 0. The van der Waals surface area contributed by atoms with Gasteiger partial charge in [0, 0.05) is 11.6 Å². The molecule has 0 spiro atoms. The Bertz CT molecular complexity index is 582. The lowest BCUT2D eigenvalue weighted by Gasteiger charge is -2.07. The predicted octanol–water partition coefficient (Wildman–Crippen LogP) is 2.71. The monoisotopic (exact) mass is 284 g/mol. The van der Waals surface area contributed by atoms with E-state index in [1.807, 2.05) is 47.2 Å². The number of ketones is 1. The zero-order valence-electron chi connectivity index (χ0n) is 12.6. The Kier molecular flexibility index (Phi) is 5.43. The first-order chi connectivity index (χ1) is 10.2. The molecule has 1 N–H and O–H groups in total. The maximum absolute atomic E-state index is 12.3. The maximum Gasteiger partial charge on any atom is 0.391 e. The molecular weight excluding hydrogens is 262 g/mol. The third-order valence-electron chi connectivity index (χ3n) is 3.24. The molecule has 2 aromatic rings. The van der Waals surface area contributed by atoms with Gasteiger partial charge in [0.2, 0.25) is 0 Å². The highest BCUT2D eigenvalue weighted by Crippen LogP contribution is 2.03. The quantitative estimate of drug-likeness (QED) is 0.628. The van der Waals surface area contributed by atoms with Crippen LogP contribution in [0.5, 0.6) is 0 Å². The zero-order chi connectivity index (χ0) is 15.1. The van der Waals surface area contributed by atoms with Crippen molar-refractivity contribution < 1.29 is 9.36 Å². The zero-order valence-corrected chi connectivity index (χ0v) is 12.6. The number of benzene rings is 1. The standard InChI is InChI=1S/C17H21N3O/c1-14(2)9-11-19-17-18-10-6-12-20(17)13-16(21)15-7-4-3-5-8-15/h3-8,10,12,14H,9,11,13H2,1-2H3/p+1. The van der Waals surface area contributed by atoms with Crippen molar-refractivity contribution >= 4 is 11.7 Å². The molecule has 110 valence electrons. The summed E-state index contributed by atoms with van der Waals surface area (Å²) in [6.45, 7) is 5.52. The second-order valence-electron chi connectivity index (χ2n) is 5.47. The van der Waals surface area contributed by atoms with Crippen LogP contribution in [0.4, 0.5) is 5.95 Å². The largest absolute Gasteiger partial charge is 0.391 e. The highest BCUT2D eigenvalue weighted by Gasteiger charge is 2.14. The van der Waals surface area contributed by atoms with E-state index in [0.29, 0.717) is 12.5 Å². The van der Waals surface area contributed by atoms with Gasteiger partial charge in [-0.25, -0.2) is 4.57 Å². The predicted molar refractivity (Wildman–Crippen MR) is 83.1 cm³/mol. The van der Waals surface area contributed by atoms with Crippen LogP contribution in [-0.2, 0) is 6.54 Å². The summed E-state index contributed by atoms with van der Waals surface area (Å²) in [4.78, 5) is 16.6. The average Bonchev–Trinajstić information content (AvgIpc) is 2.49. The second-order valence-corrected chi connectivity index (χ2v) is 5.47. The van der Waals surface area contributed by atoms with Crippen LogP contribution in [-0.4, -0.2) is 17.3 Å². The fraction of sp³-hybridized carbons (Fsp3) is 0.353. The third-order valence-corrected chi connectivity index (χ3v) is 3.24. The number of nitrogens with zero attached hydrogens (tertiary/aromatic N) is 2. The van der Waals surface area contributed by atoms with Gasteiger partial charge in [-0.15, -0.1) is 0 Å². The fourth-order valence-corrected chi connectivity index (χ4v) is 2.02. The molecule has 4 nitrogen and oxygen atoms in total. The van der Waals surface area contributed by atoms with Crippen LogP contribution in [0.2, 0.25) is 0 Å². The van der Waals surface area contributed by atoms with Crippen molar-refractivity contribution in [3.63, 3.8) is 0 Å². The first-order valence-electron chi connectivity index (χ1n) is 7.33. The topological polar surface area (TPSA) is 45.9 Å². The van der Waals surface area contributed by atoms with Crippen LogP contribution in [0.25, 0.3) is 0 Å². The lowest BCUT2D eigenvalue weighted by Crippen LogP contribution is -2.41. The molecule has 0 saturated heterocycles. The van der Waals surface area contributed by atoms with Gasteiger partial charge in [0.15, 0.2) is 5.78 Å². The number of aromatic nitrogens is 2. The minimum absolute atomic E-state index is 0.0838. The SMILES string of the molecule is CC(C)CCNc1nccc[n+]1CC(=O)c1ccccc1. The van der Waals surface area contributed by atoms with Gasteiger partial charge in [-0.2, -0.15) is 0 Å². The molecule has 0 bridgehead atoms. The molecule has 0 unspecified atom stereocenters. The van der Waals surface area contributed by atoms with Crippen LogP contribution < -0.4 is 9.88 Å². The molecule has 0 atom stereocenters. The molecule has 0 aliphatic carbocycles. The van der Waals surface area contributed by atoms with Gasteiger partial charge in [-0.05, 0) is 12.3 Å². The molecule has 0 fully saturated rings. The molecule has 0 radical (unpaired) electrons. The van der Waals surface area contributed by atoms with Crippen molar-refractivity contribution in [2.24, 2.45) is 5.92 Å². The number of carbonyl (C=O) groups excluding carboxylic acids is 1. The summed E-state index contributed by atoms with van der Waals surface area (Å²) in [5, 5.41) is 3.30. The molecule has 4 heteroatoms. The first kappa shape index (κ1) is 15.2. The maximum atomic E-state index is 12.3. The summed E-state index contributed by atoms with van der Waals surface area (Å²) in [7, 11) is 0. The molecule has 1 aromatic heterocycles. The van der Waals surface area contributed by atoms with E-state index in [4.69, 9.17) is 0 Å². The van der Waals surface area contributed by atoms with Crippen molar-refractivity contribution in [3.8, 4) is 0 Å². The molecule has 2 rings (SSSR count). The van der Waals surface area contributed by atoms with Crippen molar-refractivity contribution in [2.45, 2.75) is 26.8 Å². The fourth-order valence-electron chi connectivity index (χ4n) is 2.02. The Hall–Kier alpha value is -2.23. The van der Waals surface area contributed by atoms with Crippen LogP contribution in [0.3, 0.4) is 0 Å². The number of anilines is 1. The summed E-state index contributed by atoms with van der Waals surface area (Å²) in [5.41, 5.74) is 0.724. The van der Waals surface area contributed by atoms with Gasteiger partial charge in [-0.1, -0.05) is 49.2 Å². The van der Waals surface area contributed by atoms with E-state index in [-0.39, 0.29) is 5.78 Å². The first-order valence-corrected chi connectivity index (χ1v) is 7.33. The summed E-state index contributed by atoms with van der Waals surface area (Å²) in [6, 6.07) is 11.2. The third kappa shape index (κ3) is 4.67. The van der Waals surface area contributed by atoms with E-state index in [0.717, 1.165) is 24.5 Å². The molecule has 1 heterocycles. The number of hydrogen-bond donors (Lipinski definition) is 1. The van der Waals surface area contributed by atoms with Crippen LogP contribution >= 0.6 is 0 Å². The average molecular weight is 284 g/mol. The molecular formula is C17H22N3O+. The normalized spacial score (nSPS) is 10.6. The van der Waals surface area contributed by atoms with Crippen LogP contribution in [0.15, 0.2) is 48.8 Å². The van der Waals surface area contributed by atoms with Gasteiger partial charge in [0.1, 0.15) is 12.7 Å². The molecule has 0 aliphatic heterocycles. The summed E-state index contributed by atoms with van der Waals surface area (Å²) in [6.07, 6.45) is 4.69. The molecule has 1 aromatic carbocycles. The Morgan fingerprint density at radius 2 is 2.00 bits per heavy atom. The lowest BCUT2D eigenvalue weighted by atomic mass is 10.1. The van der Waals surface area contributed by atoms with Gasteiger partial charge in [-0.3, -0.25) is 10.1 Å². The molecule has 0 saturated carbocycles. The van der Waals surface area contributed by atoms with E-state index in [9.17, 15) is 4.79 Å². The van der Waals surface area contributed by atoms with Crippen LogP contribution in [0, 0.1) is 5.92 Å². The Morgan fingerprint density at radius 3 is 2.71 bits per heavy atom. The highest BCUT2D eigenvalue weighted by molar-refractivity contribution is 5.95. The van der Waals surface area contributed by atoms with E-state index >= 15 is 0 Å². The number of Topliss-reactive ketones (excluding diaryl/α,β-unsaturated/α-hetero) is 1. The van der Waals surface area contributed by atoms with Gasteiger partial charge >= 0.3 is 5.95 Å². The number of hydrogen-bond acceptors (Lipinski definition) is 3. The molecule has 0 amide bonds. The minimum atomic E-state index is 0.0838. The minimum Gasteiger partial charge on any atom is -0.291 e.